The number of nitrogens with one attached hydrogen (secondary N) is 2. The van der Waals surface area contributed by atoms with Crippen LogP contribution in [0.4, 0.5) is 0 Å². The summed E-state index contributed by atoms with van der Waals surface area (Å²) < 4.78 is 11.6. The molecule has 0 amide bonds. The lowest BCUT2D eigenvalue weighted by atomic mass is 10.1. The van der Waals surface area contributed by atoms with E-state index < -0.39 is 0 Å². The van der Waals surface area contributed by atoms with E-state index in [0.717, 1.165) is 22.5 Å². The number of aliphatic imine (C=N–C) groups is 1. The molecule has 1 aromatic carbocycles. The summed E-state index contributed by atoms with van der Waals surface area (Å²) in [7, 11) is 5.03. The lowest BCUT2D eigenvalue weighted by Crippen LogP contribution is -2.38. The maximum absolute atomic E-state index is 5.38. The molecule has 144 valence electrons. The number of methoxy groups -OCH3 is 2. The van der Waals surface area contributed by atoms with Crippen LogP contribution in [-0.2, 0) is 6.54 Å². The van der Waals surface area contributed by atoms with Crippen molar-refractivity contribution in [2.75, 3.05) is 27.8 Å². The summed E-state index contributed by atoms with van der Waals surface area (Å²) in [6.45, 7) is 3.66. The van der Waals surface area contributed by atoms with Gasteiger partial charge in [-0.25, -0.2) is 0 Å². The topological polar surface area (TPSA) is 54.9 Å². The van der Waals surface area contributed by atoms with Gasteiger partial charge in [-0.2, -0.15) is 11.3 Å². The van der Waals surface area contributed by atoms with Crippen LogP contribution in [0.25, 0.3) is 0 Å². The van der Waals surface area contributed by atoms with E-state index in [-0.39, 0.29) is 24.0 Å². The molecule has 0 bridgehead atoms. The van der Waals surface area contributed by atoms with Crippen molar-refractivity contribution >= 4 is 57.2 Å². The summed E-state index contributed by atoms with van der Waals surface area (Å²) in [6.07, 6.45) is 0. The van der Waals surface area contributed by atoms with Crippen molar-refractivity contribution in [3.8, 4) is 11.5 Å². The highest BCUT2D eigenvalue weighted by molar-refractivity contribution is 14.0. The third-order valence-corrected chi connectivity index (χ3v) is 5.16. The number of ether oxygens (including phenoxy) is 2. The summed E-state index contributed by atoms with van der Waals surface area (Å²) in [5.41, 5.74) is 2.41. The first-order chi connectivity index (χ1) is 12.1. The van der Waals surface area contributed by atoms with Crippen molar-refractivity contribution in [3.63, 3.8) is 0 Å². The van der Waals surface area contributed by atoms with E-state index in [4.69, 9.17) is 9.47 Å². The van der Waals surface area contributed by atoms with Crippen molar-refractivity contribution in [2.24, 2.45) is 4.99 Å². The van der Waals surface area contributed by atoms with Crippen molar-refractivity contribution in [1.29, 1.82) is 0 Å². The monoisotopic (exact) mass is 553 g/mol. The van der Waals surface area contributed by atoms with Gasteiger partial charge in [0.05, 0.1) is 18.7 Å². The number of nitrogens with zero attached hydrogens (tertiary/aromatic N) is 1. The second-order valence-corrected chi connectivity index (χ2v) is 7.21. The Hall–Kier alpha value is -1.00. The minimum Gasteiger partial charge on any atom is -0.493 e. The molecular weight excluding hydrogens is 529 g/mol. The van der Waals surface area contributed by atoms with Gasteiger partial charge in [0.25, 0.3) is 0 Å². The number of rotatable bonds is 7. The van der Waals surface area contributed by atoms with Crippen LogP contribution in [0.15, 0.2) is 38.4 Å². The number of hydrogen-bond donors (Lipinski definition) is 2. The fourth-order valence-electron chi connectivity index (χ4n) is 2.40. The van der Waals surface area contributed by atoms with Gasteiger partial charge in [-0.05, 0) is 61.9 Å². The zero-order valence-electron chi connectivity index (χ0n) is 15.3. The summed E-state index contributed by atoms with van der Waals surface area (Å²) >= 11 is 5.24. The number of guanidine groups is 1. The Morgan fingerprint density at radius 1 is 1.27 bits per heavy atom. The Morgan fingerprint density at radius 3 is 2.62 bits per heavy atom. The van der Waals surface area contributed by atoms with Gasteiger partial charge >= 0.3 is 0 Å². The molecule has 1 atom stereocenters. The number of halogens is 2. The molecule has 0 aliphatic heterocycles. The van der Waals surface area contributed by atoms with Crippen molar-refractivity contribution in [2.45, 2.75) is 19.4 Å². The second kappa shape index (κ2) is 11.7. The summed E-state index contributed by atoms with van der Waals surface area (Å²) in [6, 6.07) is 6.13. The third-order valence-electron chi connectivity index (χ3n) is 3.86. The molecule has 1 heterocycles. The lowest BCUT2D eigenvalue weighted by molar-refractivity contribution is 0.352. The predicted molar refractivity (Wildman–Crippen MR) is 124 cm³/mol. The number of benzene rings is 1. The van der Waals surface area contributed by atoms with E-state index in [1.165, 1.54) is 5.56 Å². The highest BCUT2D eigenvalue weighted by Gasteiger charge is 2.11. The van der Waals surface area contributed by atoms with Gasteiger partial charge < -0.3 is 20.1 Å². The summed E-state index contributed by atoms with van der Waals surface area (Å²) in [4.78, 5) is 4.28. The SMILES string of the molecule is CN=C(NCc1cc(Br)c(OC)c(OC)c1)NCC(C)c1ccsc1.I. The molecule has 0 spiro atoms. The normalized spacial score (nSPS) is 12.1. The summed E-state index contributed by atoms with van der Waals surface area (Å²) in [5, 5.41) is 11.0. The minimum atomic E-state index is 0. The van der Waals surface area contributed by atoms with E-state index in [1.807, 2.05) is 12.1 Å². The molecule has 2 aromatic rings. The molecular formula is C18H25BrIN3O2S. The Kier molecular flexibility index (Phi) is 10.3. The Bertz CT molecular complexity index is 711. The first-order valence-electron chi connectivity index (χ1n) is 7.96. The van der Waals surface area contributed by atoms with E-state index in [0.29, 0.717) is 24.0 Å². The Balaban J connectivity index is 0.00000338. The van der Waals surface area contributed by atoms with Crippen LogP contribution in [-0.4, -0.2) is 33.8 Å². The largest absolute Gasteiger partial charge is 0.493 e. The minimum absolute atomic E-state index is 0. The van der Waals surface area contributed by atoms with Crippen molar-refractivity contribution in [3.05, 3.63) is 44.6 Å². The van der Waals surface area contributed by atoms with Gasteiger partial charge in [-0.1, -0.05) is 6.92 Å². The van der Waals surface area contributed by atoms with Gasteiger partial charge in [0.1, 0.15) is 0 Å². The Morgan fingerprint density at radius 2 is 2.04 bits per heavy atom. The molecule has 0 aliphatic carbocycles. The smallest absolute Gasteiger partial charge is 0.191 e. The average Bonchev–Trinajstić information content (AvgIpc) is 3.15. The zero-order valence-corrected chi connectivity index (χ0v) is 20.1. The van der Waals surface area contributed by atoms with E-state index in [9.17, 15) is 0 Å². The van der Waals surface area contributed by atoms with Crippen LogP contribution in [0, 0.1) is 0 Å². The predicted octanol–water partition coefficient (Wildman–Crippen LogP) is 4.61. The molecule has 0 fully saturated rings. The number of hydrogen-bond acceptors (Lipinski definition) is 4. The van der Waals surface area contributed by atoms with Crippen LogP contribution < -0.4 is 20.1 Å². The van der Waals surface area contributed by atoms with Crippen LogP contribution in [0.5, 0.6) is 11.5 Å². The molecule has 1 aromatic heterocycles. The van der Waals surface area contributed by atoms with Gasteiger partial charge in [0.2, 0.25) is 0 Å². The molecule has 2 rings (SSSR count). The quantitative estimate of drug-likeness (QED) is 0.298. The standard InChI is InChI=1S/C18H24BrN3O2S.HI/c1-12(14-5-6-25-11-14)9-21-18(20-2)22-10-13-7-15(19)17(24-4)16(8-13)23-3;/h5-8,11-12H,9-10H2,1-4H3,(H2,20,21,22);1H. The van der Waals surface area contributed by atoms with Gasteiger partial charge in [0, 0.05) is 20.1 Å². The van der Waals surface area contributed by atoms with Gasteiger partial charge in [-0.3, -0.25) is 4.99 Å². The third kappa shape index (κ3) is 6.31. The summed E-state index contributed by atoms with van der Waals surface area (Å²) in [5.74, 6) is 2.59. The highest BCUT2D eigenvalue weighted by Crippen LogP contribution is 2.36. The molecule has 26 heavy (non-hydrogen) atoms. The lowest BCUT2D eigenvalue weighted by Gasteiger charge is -2.16. The van der Waals surface area contributed by atoms with E-state index >= 15 is 0 Å². The second-order valence-electron chi connectivity index (χ2n) is 5.58. The molecule has 8 heteroatoms. The first kappa shape index (κ1) is 23.0. The van der Waals surface area contributed by atoms with Crippen molar-refractivity contribution < 1.29 is 9.47 Å². The Labute approximate surface area is 184 Å². The maximum atomic E-state index is 5.38. The molecule has 0 radical (unpaired) electrons. The van der Waals surface area contributed by atoms with E-state index in [1.54, 1.807) is 32.6 Å². The molecule has 2 N–H and O–H groups in total. The molecule has 0 saturated carbocycles. The first-order valence-corrected chi connectivity index (χ1v) is 9.69. The van der Waals surface area contributed by atoms with Gasteiger partial charge in [0.15, 0.2) is 17.5 Å². The van der Waals surface area contributed by atoms with Crippen LogP contribution in [0.1, 0.15) is 24.0 Å². The maximum Gasteiger partial charge on any atom is 0.191 e. The fraction of sp³-hybridized carbons (Fsp3) is 0.389. The average molecular weight is 554 g/mol. The zero-order chi connectivity index (χ0) is 18.2. The van der Waals surface area contributed by atoms with Crippen LogP contribution in [0.3, 0.4) is 0 Å². The van der Waals surface area contributed by atoms with Crippen molar-refractivity contribution in [1.82, 2.24) is 10.6 Å². The molecule has 5 nitrogen and oxygen atoms in total. The van der Waals surface area contributed by atoms with Crippen LogP contribution >= 0.6 is 51.2 Å². The molecule has 0 aliphatic rings. The fourth-order valence-corrected chi connectivity index (χ4v) is 3.84. The van der Waals surface area contributed by atoms with Crippen LogP contribution in [0.2, 0.25) is 0 Å². The molecule has 1 unspecified atom stereocenters. The highest BCUT2D eigenvalue weighted by atomic mass is 127. The number of thiophene rings is 1. The molecule has 0 saturated heterocycles. The van der Waals surface area contributed by atoms with E-state index in [2.05, 4.69) is 55.3 Å². The van der Waals surface area contributed by atoms with Gasteiger partial charge in [-0.15, -0.1) is 24.0 Å².